The van der Waals surface area contributed by atoms with Crippen LogP contribution in [0.15, 0.2) is 42.7 Å². The fourth-order valence-electron chi connectivity index (χ4n) is 1.83. The molecule has 0 amide bonds. The van der Waals surface area contributed by atoms with Gasteiger partial charge in [-0.05, 0) is 17.7 Å². The van der Waals surface area contributed by atoms with E-state index in [0.717, 1.165) is 5.56 Å². The number of H-pyrrole nitrogens is 1. The first-order chi connectivity index (χ1) is 8.54. The molecule has 0 unspecified atom stereocenters. The van der Waals surface area contributed by atoms with Gasteiger partial charge < -0.3 is 10.7 Å². The number of aromatic amines is 1. The van der Waals surface area contributed by atoms with Crippen LogP contribution in [0.2, 0.25) is 0 Å². The van der Waals surface area contributed by atoms with E-state index >= 15 is 0 Å². The van der Waals surface area contributed by atoms with Crippen molar-refractivity contribution in [3.63, 3.8) is 0 Å². The number of aromatic nitrogens is 1. The molecular weight excluding hydrogens is 224 g/mol. The van der Waals surface area contributed by atoms with Gasteiger partial charge >= 0.3 is 0 Å². The first-order valence-corrected chi connectivity index (χ1v) is 6.03. The fraction of sp³-hybridized carbons (Fsp3) is 0.267. The van der Waals surface area contributed by atoms with Gasteiger partial charge in [0.25, 0.3) is 0 Å². The third-order valence-corrected chi connectivity index (χ3v) is 3.28. The summed E-state index contributed by atoms with van der Waals surface area (Å²) in [5.41, 5.74) is 8.12. The van der Waals surface area contributed by atoms with Gasteiger partial charge in [0.15, 0.2) is 5.78 Å². The fourth-order valence-corrected chi connectivity index (χ4v) is 1.83. The zero-order chi connectivity index (χ0) is 13.2. The van der Waals surface area contributed by atoms with Crippen LogP contribution in [-0.4, -0.2) is 17.3 Å². The van der Waals surface area contributed by atoms with Crippen LogP contribution in [0, 0.1) is 0 Å². The van der Waals surface area contributed by atoms with Crippen molar-refractivity contribution in [3.05, 3.63) is 59.4 Å². The van der Waals surface area contributed by atoms with Crippen LogP contribution < -0.4 is 5.73 Å². The molecule has 2 aromatic rings. The van der Waals surface area contributed by atoms with E-state index in [-0.39, 0.29) is 11.2 Å². The predicted molar refractivity (Wildman–Crippen MR) is 72.7 cm³/mol. The quantitative estimate of drug-likeness (QED) is 0.809. The van der Waals surface area contributed by atoms with Crippen LogP contribution in [-0.2, 0) is 5.41 Å². The topological polar surface area (TPSA) is 58.9 Å². The number of hydrogen-bond acceptors (Lipinski definition) is 2. The minimum Gasteiger partial charge on any atom is -0.367 e. The van der Waals surface area contributed by atoms with Crippen molar-refractivity contribution in [1.29, 1.82) is 0 Å². The summed E-state index contributed by atoms with van der Waals surface area (Å²) in [7, 11) is 0. The van der Waals surface area contributed by atoms with Crippen molar-refractivity contribution in [2.24, 2.45) is 5.73 Å². The van der Waals surface area contributed by atoms with Crippen molar-refractivity contribution in [2.75, 3.05) is 6.54 Å². The molecule has 0 saturated heterocycles. The number of nitrogens with two attached hydrogens (primary N) is 1. The second-order valence-corrected chi connectivity index (χ2v) is 5.10. The molecule has 0 aliphatic heterocycles. The number of ketones is 1. The van der Waals surface area contributed by atoms with Crippen molar-refractivity contribution >= 4 is 5.78 Å². The van der Waals surface area contributed by atoms with E-state index in [4.69, 9.17) is 5.73 Å². The van der Waals surface area contributed by atoms with Crippen LogP contribution in [0.5, 0.6) is 0 Å². The van der Waals surface area contributed by atoms with Crippen LogP contribution >= 0.6 is 0 Å². The molecule has 1 heterocycles. The summed E-state index contributed by atoms with van der Waals surface area (Å²) in [6, 6.07) is 9.48. The molecule has 0 spiro atoms. The van der Waals surface area contributed by atoms with Gasteiger partial charge in [-0.25, -0.2) is 0 Å². The van der Waals surface area contributed by atoms with Gasteiger partial charge in [-0.3, -0.25) is 4.79 Å². The van der Waals surface area contributed by atoms with Gasteiger partial charge in [0.05, 0.1) is 0 Å². The lowest BCUT2D eigenvalue weighted by Gasteiger charge is -2.23. The monoisotopic (exact) mass is 242 g/mol. The summed E-state index contributed by atoms with van der Waals surface area (Å²) in [6.45, 7) is 4.70. The highest BCUT2D eigenvalue weighted by Gasteiger charge is 2.20. The molecule has 0 bridgehead atoms. The van der Waals surface area contributed by atoms with Crippen LogP contribution in [0.25, 0.3) is 0 Å². The summed E-state index contributed by atoms with van der Waals surface area (Å²) >= 11 is 0. The molecule has 0 saturated carbocycles. The van der Waals surface area contributed by atoms with Crippen LogP contribution in [0.3, 0.4) is 0 Å². The maximum Gasteiger partial charge on any atom is 0.194 e. The van der Waals surface area contributed by atoms with Crippen molar-refractivity contribution < 1.29 is 4.79 Å². The standard InChI is InChI=1S/C15H18N2O/c1-15(2,10-16)13-5-3-4-11(8-13)14(18)12-6-7-17-9-12/h3-9,17H,10,16H2,1-2H3. The van der Waals surface area contributed by atoms with Gasteiger partial charge in [-0.15, -0.1) is 0 Å². The lowest BCUT2D eigenvalue weighted by Crippen LogP contribution is -2.28. The van der Waals surface area contributed by atoms with Crippen LogP contribution in [0.4, 0.5) is 0 Å². The smallest absolute Gasteiger partial charge is 0.194 e. The number of benzene rings is 1. The van der Waals surface area contributed by atoms with Gasteiger partial charge in [0.2, 0.25) is 0 Å². The average molecular weight is 242 g/mol. The highest BCUT2D eigenvalue weighted by atomic mass is 16.1. The van der Waals surface area contributed by atoms with Crippen molar-refractivity contribution in [1.82, 2.24) is 4.98 Å². The summed E-state index contributed by atoms with van der Waals surface area (Å²) in [5.74, 6) is 0.0333. The summed E-state index contributed by atoms with van der Waals surface area (Å²) in [4.78, 5) is 15.1. The lowest BCUT2D eigenvalue weighted by atomic mass is 9.83. The van der Waals surface area contributed by atoms with E-state index in [0.29, 0.717) is 17.7 Å². The summed E-state index contributed by atoms with van der Waals surface area (Å²) in [6.07, 6.45) is 3.46. The number of carbonyl (C=O) groups is 1. The Labute approximate surface area is 107 Å². The zero-order valence-electron chi connectivity index (χ0n) is 10.7. The first-order valence-electron chi connectivity index (χ1n) is 6.03. The van der Waals surface area contributed by atoms with E-state index in [9.17, 15) is 4.79 Å². The largest absolute Gasteiger partial charge is 0.367 e. The second-order valence-electron chi connectivity index (χ2n) is 5.10. The minimum atomic E-state index is -0.117. The number of rotatable bonds is 4. The van der Waals surface area contributed by atoms with Crippen molar-refractivity contribution in [2.45, 2.75) is 19.3 Å². The van der Waals surface area contributed by atoms with Gasteiger partial charge in [0.1, 0.15) is 0 Å². The number of hydrogen-bond donors (Lipinski definition) is 2. The van der Waals surface area contributed by atoms with E-state index in [1.165, 1.54) is 0 Å². The molecule has 0 aliphatic rings. The van der Waals surface area contributed by atoms with E-state index < -0.39 is 0 Å². The lowest BCUT2D eigenvalue weighted by molar-refractivity contribution is 0.103. The molecule has 0 atom stereocenters. The molecule has 3 N–H and O–H groups in total. The molecular formula is C15H18N2O. The Balaban J connectivity index is 2.36. The molecule has 18 heavy (non-hydrogen) atoms. The molecule has 3 heteroatoms. The highest BCUT2D eigenvalue weighted by molar-refractivity contribution is 6.08. The summed E-state index contributed by atoms with van der Waals surface area (Å²) < 4.78 is 0. The summed E-state index contributed by atoms with van der Waals surface area (Å²) in [5, 5.41) is 0. The molecule has 0 radical (unpaired) electrons. The SMILES string of the molecule is CC(C)(CN)c1cccc(C(=O)c2cc[nH]c2)c1. The molecule has 94 valence electrons. The van der Waals surface area contributed by atoms with Crippen LogP contribution in [0.1, 0.15) is 35.3 Å². The molecule has 1 aromatic heterocycles. The molecule has 2 rings (SSSR count). The maximum atomic E-state index is 12.2. The third-order valence-electron chi connectivity index (χ3n) is 3.28. The van der Waals surface area contributed by atoms with E-state index in [1.807, 2.05) is 24.3 Å². The Morgan fingerprint density at radius 2 is 2.06 bits per heavy atom. The molecule has 1 aromatic carbocycles. The van der Waals surface area contributed by atoms with Crippen molar-refractivity contribution in [3.8, 4) is 0 Å². The van der Waals surface area contributed by atoms with E-state index in [1.54, 1.807) is 18.5 Å². The van der Waals surface area contributed by atoms with E-state index in [2.05, 4.69) is 18.8 Å². The third kappa shape index (κ3) is 2.36. The Morgan fingerprint density at radius 1 is 1.28 bits per heavy atom. The first kappa shape index (κ1) is 12.6. The number of nitrogens with one attached hydrogen (secondary N) is 1. The Morgan fingerprint density at radius 3 is 2.67 bits per heavy atom. The normalized spacial score (nSPS) is 11.5. The maximum absolute atomic E-state index is 12.2. The Kier molecular flexibility index (Phi) is 3.34. The Hall–Kier alpha value is -1.87. The zero-order valence-corrected chi connectivity index (χ0v) is 10.7. The van der Waals surface area contributed by atoms with Gasteiger partial charge in [0, 0.05) is 35.5 Å². The Bertz CT molecular complexity index is 541. The predicted octanol–water partition coefficient (Wildman–Crippen LogP) is 2.48. The molecule has 3 nitrogen and oxygen atoms in total. The number of carbonyl (C=O) groups excluding carboxylic acids is 1. The van der Waals surface area contributed by atoms with Gasteiger partial charge in [-0.2, -0.15) is 0 Å². The van der Waals surface area contributed by atoms with Gasteiger partial charge in [-0.1, -0.05) is 32.0 Å². The highest BCUT2D eigenvalue weighted by Crippen LogP contribution is 2.23. The molecule has 0 fully saturated rings. The molecule has 0 aliphatic carbocycles. The minimum absolute atomic E-state index is 0.0333. The second kappa shape index (κ2) is 4.78. The average Bonchev–Trinajstić information content (AvgIpc) is 2.92.